The lowest BCUT2D eigenvalue weighted by molar-refractivity contribution is 0.320. The summed E-state index contributed by atoms with van der Waals surface area (Å²) in [7, 11) is 0. The van der Waals surface area contributed by atoms with E-state index in [1.165, 1.54) is 11.2 Å². The molecular weight excluding hydrogens is 310 g/mol. The maximum absolute atomic E-state index is 9.03. The minimum atomic E-state index is 0.487. The summed E-state index contributed by atoms with van der Waals surface area (Å²) in [5.74, 6) is 1.57. The third-order valence-electron chi connectivity index (χ3n) is 3.51. The lowest BCUT2D eigenvalue weighted by Gasteiger charge is -2.12. The van der Waals surface area contributed by atoms with Gasteiger partial charge in [-0.15, -0.1) is 11.3 Å². The highest BCUT2D eigenvalue weighted by Gasteiger charge is 2.15. The third-order valence-corrected chi connectivity index (χ3v) is 4.63. The number of aryl methyl sites for hydroxylation is 2. The van der Waals surface area contributed by atoms with E-state index < -0.39 is 0 Å². The second kappa shape index (κ2) is 6.23. The number of aromatic nitrogens is 2. The van der Waals surface area contributed by atoms with Gasteiger partial charge in [-0.3, -0.25) is 0 Å². The van der Waals surface area contributed by atoms with Crippen molar-refractivity contribution < 1.29 is 9.47 Å². The zero-order valence-electron chi connectivity index (χ0n) is 13.1. The van der Waals surface area contributed by atoms with Gasteiger partial charge in [0, 0.05) is 10.9 Å². The average Bonchev–Trinajstić information content (AvgIpc) is 2.85. The first-order chi connectivity index (χ1) is 11.1. The van der Waals surface area contributed by atoms with Crippen LogP contribution in [-0.4, -0.2) is 16.6 Å². The molecule has 0 aliphatic heterocycles. The number of thiophene rings is 1. The number of nitrogens with zero attached hydrogens (tertiary/aromatic N) is 3. The molecule has 2 heterocycles. The first kappa shape index (κ1) is 15.3. The van der Waals surface area contributed by atoms with E-state index in [1.807, 2.05) is 13.8 Å². The van der Waals surface area contributed by atoms with Gasteiger partial charge in [-0.2, -0.15) is 5.26 Å². The highest BCUT2D eigenvalue weighted by molar-refractivity contribution is 7.18. The molecule has 0 aliphatic carbocycles. The Labute approximate surface area is 138 Å². The van der Waals surface area contributed by atoms with Crippen LogP contribution in [0.15, 0.2) is 24.5 Å². The normalized spacial score (nSPS) is 10.5. The predicted molar refractivity (Wildman–Crippen MR) is 89.3 cm³/mol. The van der Waals surface area contributed by atoms with Gasteiger partial charge in [-0.1, -0.05) is 0 Å². The second-order valence-corrected chi connectivity index (χ2v) is 6.15. The molecule has 0 fully saturated rings. The van der Waals surface area contributed by atoms with Gasteiger partial charge < -0.3 is 9.47 Å². The summed E-state index contributed by atoms with van der Waals surface area (Å²) in [6.45, 7) is 6.46. The van der Waals surface area contributed by atoms with Crippen LogP contribution in [0.4, 0.5) is 0 Å². The van der Waals surface area contributed by atoms with Crippen molar-refractivity contribution in [3.05, 3.63) is 40.5 Å². The Morgan fingerprint density at radius 3 is 2.78 bits per heavy atom. The van der Waals surface area contributed by atoms with Crippen LogP contribution in [-0.2, 0) is 0 Å². The average molecular weight is 325 g/mol. The summed E-state index contributed by atoms with van der Waals surface area (Å²) in [4.78, 5) is 10.7. The van der Waals surface area contributed by atoms with Crippen LogP contribution in [0.1, 0.15) is 22.9 Å². The smallest absolute Gasteiger partial charge is 0.231 e. The van der Waals surface area contributed by atoms with E-state index in [4.69, 9.17) is 14.7 Å². The minimum Gasteiger partial charge on any atom is -0.490 e. The number of rotatable bonds is 4. The molecule has 23 heavy (non-hydrogen) atoms. The molecule has 3 aromatic rings. The fourth-order valence-corrected chi connectivity index (χ4v) is 3.25. The highest BCUT2D eigenvalue weighted by Crippen LogP contribution is 2.38. The molecule has 1 aromatic carbocycles. The van der Waals surface area contributed by atoms with Crippen LogP contribution in [0, 0.1) is 25.2 Å². The van der Waals surface area contributed by atoms with Crippen LogP contribution in [0.5, 0.6) is 17.4 Å². The van der Waals surface area contributed by atoms with Gasteiger partial charge >= 0.3 is 0 Å². The molecule has 0 saturated carbocycles. The summed E-state index contributed by atoms with van der Waals surface area (Å²) < 4.78 is 11.6. The molecule has 0 atom stereocenters. The quantitative estimate of drug-likeness (QED) is 0.712. The second-order valence-electron chi connectivity index (χ2n) is 4.95. The molecule has 3 rings (SSSR count). The van der Waals surface area contributed by atoms with Crippen LogP contribution >= 0.6 is 11.3 Å². The van der Waals surface area contributed by atoms with Gasteiger partial charge in [0.1, 0.15) is 11.2 Å². The molecule has 5 nitrogen and oxygen atoms in total. The van der Waals surface area contributed by atoms with E-state index in [2.05, 4.69) is 23.0 Å². The summed E-state index contributed by atoms with van der Waals surface area (Å²) in [5, 5.41) is 9.94. The van der Waals surface area contributed by atoms with E-state index >= 15 is 0 Å². The highest BCUT2D eigenvalue weighted by atomic mass is 32.1. The standard InChI is InChI=1S/C17H15N3O2S/c1-4-21-14-7-12(8-18)5-6-13(14)22-16-15-10(2)11(3)23-17(15)20-9-19-16/h5-7,9H,4H2,1-3H3. The Kier molecular flexibility index (Phi) is 4.13. The number of benzene rings is 1. The summed E-state index contributed by atoms with van der Waals surface area (Å²) in [6.07, 6.45) is 1.50. The Morgan fingerprint density at radius 2 is 2.04 bits per heavy atom. The topological polar surface area (TPSA) is 68.0 Å². The van der Waals surface area contributed by atoms with E-state index in [-0.39, 0.29) is 0 Å². The Hall–Kier alpha value is -2.65. The largest absolute Gasteiger partial charge is 0.490 e. The lowest BCUT2D eigenvalue weighted by atomic mass is 10.2. The van der Waals surface area contributed by atoms with Crippen molar-refractivity contribution in [2.45, 2.75) is 20.8 Å². The third kappa shape index (κ3) is 2.83. The molecule has 0 saturated heterocycles. The Balaban J connectivity index is 2.07. The van der Waals surface area contributed by atoms with Gasteiger partial charge in [0.15, 0.2) is 11.5 Å². The molecular formula is C17H15N3O2S. The van der Waals surface area contributed by atoms with Gasteiger partial charge in [-0.05, 0) is 38.5 Å². The summed E-state index contributed by atoms with van der Waals surface area (Å²) in [5.41, 5.74) is 1.64. The van der Waals surface area contributed by atoms with Gasteiger partial charge in [-0.25, -0.2) is 9.97 Å². The summed E-state index contributed by atoms with van der Waals surface area (Å²) >= 11 is 1.62. The zero-order valence-corrected chi connectivity index (χ0v) is 13.9. The van der Waals surface area contributed by atoms with Crippen LogP contribution < -0.4 is 9.47 Å². The molecule has 6 heteroatoms. The molecule has 0 N–H and O–H groups in total. The number of hydrogen-bond donors (Lipinski definition) is 0. The van der Waals surface area contributed by atoms with Gasteiger partial charge in [0.2, 0.25) is 5.88 Å². The van der Waals surface area contributed by atoms with Gasteiger partial charge in [0.05, 0.1) is 23.6 Å². The monoisotopic (exact) mass is 325 g/mol. The van der Waals surface area contributed by atoms with E-state index in [1.54, 1.807) is 29.5 Å². The molecule has 116 valence electrons. The minimum absolute atomic E-state index is 0.487. The fourth-order valence-electron chi connectivity index (χ4n) is 2.26. The lowest BCUT2D eigenvalue weighted by Crippen LogP contribution is -1.97. The maximum Gasteiger partial charge on any atom is 0.231 e. The van der Waals surface area contributed by atoms with E-state index in [0.29, 0.717) is 29.5 Å². The van der Waals surface area contributed by atoms with Gasteiger partial charge in [0.25, 0.3) is 0 Å². The molecule has 0 bridgehead atoms. The van der Waals surface area contributed by atoms with Crippen LogP contribution in [0.2, 0.25) is 0 Å². The molecule has 0 spiro atoms. The first-order valence-electron chi connectivity index (χ1n) is 7.19. The van der Waals surface area contributed by atoms with Crippen molar-refractivity contribution >= 4 is 21.6 Å². The number of ether oxygens (including phenoxy) is 2. The number of nitriles is 1. The van der Waals surface area contributed by atoms with E-state index in [0.717, 1.165) is 15.8 Å². The molecule has 0 radical (unpaired) electrons. The number of hydrogen-bond acceptors (Lipinski definition) is 6. The van der Waals surface area contributed by atoms with E-state index in [9.17, 15) is 0 Å². The predicted octanol–water partition coefficient (Wildman–Crippen LogP) is 4.37. The van der Waals surface area contributed by atoms with Crippen molar-refractivity contribution in [3.8, 4) is 23.4 Å². The van der Waals surface area contributed by atoms with Crippen molar-refractivity contribution in [3.63, 3.8) is 0 Å². The zero-order chi connectivity index (χ0) is 16.4. The van der Waals surface area contributed by atoms with Crippen LogP contribution in [0.25, 0.3) is 10.2 Å². The molecule has 2 aromatic heterocycles. The molecule has 0 unspecified atom stereocenters. The van der Waals surface area contributed by atoms with Crippen molar-refractivity contribution in [1.29, 1.82) is 5.26 Å². The van der Waals surface area contributed by atoms with Crippen molar-refractivity contribution in [2.24, 2.45) is 0 Å². The Morgan fingerprint density at radius 1 is 1.22 bits per heavy atom. The first-order valence-corrected chi connectivity index (χ1v) is 8.01. The molecule has 0 aliphatic rings. The van der Waals surface area contributed by atoms with Crippen molar-refractivity contribution in [2.75, 3.05) is 6.61 Å². The SMILES string of the molecule is CCOc1cc(C#N)ccc1Oc1ncnc2sc(C)c(C)c12. The summed E-state index contributed by atoms with van der Waals surface area (Å²) in [6, 6.07) is 7.19. The maximum atomic E-state index is 9.03. The van der Waals surface area contributed by atoms with Crippen LogP contribution in [0.3, 0.4) is 0 Å². The fraction of sp³-hybridized carbons (Fsp3) is 0.235. The Bertz CT molecular complexity index is 912. The molecule has 0 amide bonds. The van der Waals surface area contributed by atoms with Crippen molar-refractivity contribution in [1.82, 2.24) is 9.97 Å². The number of fused-ring (bicyclic) bond motifs is 1.